The molecule has 4 rings (SSSR count). The van der Waals surface area contributed by atoms with Gasteiger partial charge in [0.25, 0.3) is 0 Å². The van der Waals surface area contributed by atoms with E-state index in [0.717, 1.165) is 41.3 Å². The lowest BCUT2D eigenvalue weighted by atomic mass is 10.2. The van der Waals surface area contributed by atoms with E-state index in [1.165, 1.54) is 12.8 Å². The first-order valence-electron chi connectivity index (χ1n) is 10.1. The summed E-state index contributed by atoms with van der Waals surface area (Å²) in [6.45, 7) is 4.55. The van der Waals surface area contributed by atoms with Crippen LogP contribution < -0.4 is 25.4 Å². The van der Waals surface area contributed by atoms with Gasteiger partial charge in [-0.1, -0.05) is 18.9 Å². The summed E-state index contributed by atoms with van der Waals surface area (Å²) < 4.78 is 10.8. The second-order valence-electron chi connectivity index (χ2n) is 7.53. The van der Waals surface area contributed by atoms with Crippen molar-refractivity contribution < 1.29 is 9.47 Å². The number of aryl methyl sites for hydroxylation is 2. The summed E-state index contributed by atoms with van der Waals surface area (Å²) in [6.07, 6.45) is 4.75. The molecule has 2 aliphatic rings. The lowest BCUT2D eigenvalue weighted by Gasteiger charge is -2.17. The number of nitrogens with zero attached hydrogens (tertiary/aromatic N) is 3. The Labute approximate surface area is 181 Å². The third-order valence-corrected chi connectivity index (χ3v) is 5.21. The molecule has 0 bridgehead atoms. The summed E-state index contributed by atoms with van der Waals surface area (Å²) in [5.41, 5.74) is 2.76. The zero-order chi connectivity index (χ0) is 20.9. The molecular weight excluding hydrogens is 400 g/mol. The molecule has 9 heteroatoms. The van der Waals surface area contributed by atoms with Gasteiger partial charge in [0.2, 0.25) is 18.7 Å². The van der Waals surface area contributed by atoms with Crippen LogP contribution in [0.2, 0.25) is 0 Å². The Kier molecular flexibility index (Phi) is 6.27. The number of fused-ring (bicyclic) bond motifs is 1. The molecule has 8 nitrogen and oxygen atoms in total. The smallest absolute Gasteiger partial charge is 0.231 e. The van der Waals surface area contributed by atoms with Gasteiger partial charge in [0, 0.05) is 17.4 Å². The fraction of sp³-hybridized carbons (Fsp3) is 0.429. The molecule has 1 fully saturated rings. The van der Waals surface area contributed by atoms with Crippen molar-refractivity contribution >= 4 is 29.2 Å². The molecule has 30 heavy (non-hydrogen) atoms. The lowest BCUT2D eigenvalue weighted by Crippen LogP contribution is -2.46. The minimum absolute atomic E-state index is 0.252. The van der Waals surface area contributed by atoms with Gasteiger partial charge in [-0.05, 0) is 62.7 Å². The molecule has 1 aliphatic heterocycles. The van der Waals surface area contributed by atoms with Crippen LogP contribution in [0, 0.1) is 13.8 Å². The molecule has 1 aromatic heterocycles. The van der Waals surface area contributed by atoms with Crippen LogP contribution >= 0.6 is 12.2 Å². The lowest BCUT2D eigenvalue weighted by molar-refractivity contribution is 0.174. The zero-order valence-electron chi connectivity index (χ0n) is 17.2. The highest BCUT2D eigenvalue weighted by Gasteiger charge is 2.17. The number of nitrogens with one attached hydrogen (secondary N) is 3. The molecule has 1 aliphatic carbocycles. The number of hydrogen-bond acceptors (Lipinski definition) is 6. The van der Waals surface area contributed by atoms with Gasteiger partial charge in [0.1, 0.15) is 0 Å². The Hall–Kier alpha value is -2.94. The molecule has 0 unspecified atom stereocenters. The molecule has 2 heterocycles. The van der Waals surface area contributed by atoms with Crippen LogP contribution in [0.15, 0.2) is 29.3 Å². The number of ether oxygens (including phenoxy) is 2. The van der Waals surface area contributed by atoms with Crippen LogP contribution in [0.4, 0.5) is 5.95 Å². The van der Waals surface area contributed by atoms with Gasteiger partial charge < -0.3 is 20.1 Å². The summed E-state index contributed by atoms with van der Waals surface area (Å²) in [4.78, 5) is 13.6. The van der Waals surface area contributed by atoms with E-state index in [1.807, 2.05) is 38.1 Å². The number of aromatic nitrogens is 2. The summed E-state index contributed by atoms with van der Waals surface area (Å²) >= 11 is 5.51. The second-order valence-corrected chi connectivity index (χ2v) is 7.94. The SMILES string of the molecule is Cc1cc(C)nc(NC(=NCc2ccc3c(c2)OCO3)NC(=S)NC2CCCC2)n1. The van der Waals surface area contributed by atoms with Crippen LogP contribution in [-0.4, -0.2) is 33.9 Å². The monoisotopic (exact) mass is 426 g/mol. The minimum Gasteiger partial charge on any atom is -0.454 e. The number of thiocarbonyl (C=S) groups is 1. The largest absolute Gasteiger partial charge is 0.454 e. The minimum atomic E-state index is 0.252. The highest BCUT2D eigenvalue weighted by atomic mass is 32.1. The predicted octanol–water partition coefficient (Wildman–Crippen LogP) is 3.20. The van der Waals surface area contributed by atoms with Gasteiger partial charge in [-0.25, -0.2) is 15.0 Å². The maximum absolute atomic E-state index is 5.51. The number of rotatable bonds is 4. The molecule has 1 aromatic carbocycles. The van der Waals surface area contributed by atoms with E-state index in [1.54, 1.807) is 0 Å². The highest BCUT2D eigenvalue weighted by Crippen LogP contribution is 2.32. The Morgan fingerprint density at radius 2 is 1.83 bits per heavy atom. The summed E-state index contributed by atoms with van der Waals surface area (Å²) in [5.74, 6) is 2.47. The third-order valence-electron chi connectivity index (χ3n) is 4.99. The van der Waals surface area contributed by atoms with Crippen molar-refractivity contribution in [2.75, 3.05) is 12.1 Å². The molecule has 1 saturated carbocycles. The first kappa shape index (κ1) is 20.3. The van der Waals surface area contributed by atoms with Crippen molar-refractivity contribution in [2.24, 2.45) is 4.99 Å². The normalized spacial score (nSPS) is 15.9. The summed E-state index contributed by atoms with van der Waals surface area (Å²) in [6, 6.07) is 8.14. The van der Waals surface area contributed by atoms with E-state index < -0.39 is 0 Å². The molecule has 0 atom stereocenters. The highest BCUT2D eigenvalue weighted by molar-refractivity contribution is 7.80. The maximum atomic E-state index is 5.51. The van der Waals surface area contributed by atoms with E-state index in [9.17, 15) is 0 Å². The Morgan fingerprint density at radius 3 is 2.60 bits per heavy atom. The average Bonchev–Trinajstić information content (AvgIpc) is 3.36. The first-order chi connectivity index (χ1) is 14.5. The molecular formula is C21H26N6O2S. The van der Waals surface area contributed by atoms with Gasteiger partial charge in [0.05, 0.1) is 6.54 Å². The van der Waals surface area contributed by atoms with E-state index >= 15 is 0 Å². The van der Waals surface area contributed by atoms with Crippen molar-refractivity contribution in [1.29, 1.82) is 0 Å². The van der Waals surface area contributed by atoms with E-state index in [-0.39, 0.29) is 6.79 Å². The van der Waals surface area contributed by atoms with Crippen LogP contribution in [0.5, 0.6) is 11.5 Å². The van der Waals surface area contributed by atoms with Crippen LogP contribution in [-0.2, 0) is 6.54 Å². The number of hydrogen-bond donors (Lipinski definition) is 3. The summed E-state index contributed by atoms with van der Waals surface area (Å²) in [7, 11) is 0. The van der Waals surface area contributed by atoms with Crippen molar-refractivity contribution in [3.8, 4) is 11.5 Å². The molecule has 0 spiro atoms. The Balaban J connectivity index is 1.49. The zero-order valence-corrected chi connectivity index (χ0v) is 18.0. The molecule has 3 N–H and O–H groups in total. The third kappa shape index (κ3) is 5.35. The topological polar surface area (TPSA) is 92.7 Å². The standard InChI is InChI=1S/C21H26N6O2S/c1-13-9-14(2)24-20(23-13)26-19(27-21(30)25-16-5-3-4-6-16)22-11-15-7-8-17-18(10-15)29-12-28-17/h7-10,16H,3-6,11-12H2,1-2H3,(H3,22,23,24,25,26,27,30). The average molecular weight is 427 g/mol. The number of guanidine groups is 1. The summed E-state index contributed by atoms with van der Waals surface area (Å²) in [5, 5.41) is 10.3. The van der Waals surface area contributed by atoms with Gasteiger partial charge in [-0.2, -0.15) is 0 Å². The maximum Gasteiger partial charge on any atom is 0.231 e. The predicted molar refractivity (Wildman–Crippen MR) is 120 cm³/mol. The van der Waals surface area contributed by atoms with E-state index in [0.29, 0.717) is 29.6 Å². The fourth-order valence-corrected chi connectivity index (χ4v) is 3.87. The number of aliphatic imine (C=N–C) groups is 1. The van der Waals surface area contributed by atoms with Crippen LogP contribution in [0.25, 0.3) is 0 Å². The molecule has 0 saturated heterocycles. The molecule has 2 aromatic rings. The van der Waals surface area contributed by atoms with E-state index in [4.69, 9.17) is 21.7 Å². The van der Waals surface area contributed by atoms with Crippen molar-refractivity contribution in [2.45, 2.75) is 52.1 Å². The first-order valence-corrected chi connectivity index (χ1v) is 10.6. The van der Waals surface area contributed by atoms with Gasteiger partial charge in [0.15, 0.2) is 16.6 Å². The van der Waals surface area contributed by atoms with Gasteiger partial charge in [-0.3, -0.25) is 5.32 Å². The number of anilines is 1. The van der Waals surface area contributed by atoms with Crippen LogP contribution in [0.3, 0.4) is 0 Å². The molecule has 0 radical (unpaired) electrons. The van der Waals surface area contributed by atoms with Crippen molar-refractivity contribution in [1.82, 2.24) is 20.6 Å². The van der Waals surface area contributed by atoms with Gasteiger partial charge in [-0.15, -0.1) is 0 Å². The second kappa shape index (κ2) is 9.25. The Bertz CT molecular complexity index is 938. The van der Waals surface area contributed by atoms with Crippen LogP contribution in [0.1, 0.15) is 42.6 Å². The Morgan fingerprint density at radius 1 is 1.10 bits per heavy atom. The molecule has 0 amide bonds. The van der Waals surface area contributed by atoms with E-state index in [2.05, 4.69) is 30.9 Å². The van der Waals surface area contributed by atoms with Gasteiger partial charge >= 0.3 is 0 Å². The number of benzene rings is 1. The molecule has 158 valence electrons. The van der Waals surface area contributed by atoms with Crippen molar-refractivity contribution in [3.63, 3.8) is 0 Å². The van der Waals surface area contributed by atoms with Crippen molar-refractivity contribution in [3.05, 3.63) is 41.2 Å². The fourth-order valence-electron chi connectivity index (χ4n) is 3.61. The quantitative estimate of drug-likeness (QED) is 0.390.